The lowest BCUT2D eigenvalue weighted by Gasteiger charge is -2.66. The van der Waals surface area contributed by atoms with E-state index in [9.17, 15) is 15.0 Å². The van der Waals surface area contributed by atoms with Crippen molar-refractivity contribution in [2.75, 3.05) is 0 Å². The molecule has 3 nitrogen and oxygen atoms in total. The number of carbonyl (C=O) groups is 1. The molecule has 0 aromatic carbocycles. The molecular formula is C19H30O3. The van der Waals surface area contributed by atoms with Gasteiger partial charge in [-0.1, -0.05) is 19.3 Å². The zero-order chi connectivity index (χ0) is 15.6. The Balaban J connectivity index is 1.69. The van der Waals surface area contributed by atoms with Crippen LogP contribution < -0.4 is 0 Å². The van der Waals surface area contributed by atoms with Crippen molar-refractivity contribution in [1.82, 2.24) is 0 Å². The van der Waals surface area contributed by atoms with Crippen LogP contribution in [-0.2, 0) is 4.79 Å². The minimum absolute atomic E-state index is 0.128. The van der Waals surface area contributed by atoms with E-state index in [1.165, 1.54) is 25.7 Å². The van der Waals surface area contributed by atoms with Crippen molar-refractivity contribution < 1.29 is 15.0 Å². The van der Waals surface area contributed by atoms with Crippen molar-refractivity contribution in [2.24, 2.45) is 28.6 Å². The summed E-state index contributed by atoms with van der Waals surface area (Å²) in [6, 6.07) is 0. The highest BCUT2D eigenvalue weighted by atomic mass is 16.4. The van der Waals surface area contributed by atoms with Gasteiger partial charge >= 0.3 is 5.97 Å². The maximum Gasteiger partial charge on any atom is 0.309 e. The molecule has 0 aromatic heterocycles. The first-order valence-electron chi connectivity index (χ1n) is 9.33. The topological polar surface area (TPSA) is 57.5 Å². The van der Waals surface area contributed by atoms with Gasteiger partial charge in [-0.05, 0) is 76.0 Å². The van der Waals surface area contributed by atoms with Gasteiger partial charge in [-0.3, -0.25) is 4.79 Å². The highest BCUT2D eigenvalue weighted by molar-refractivity contribution is 5.75. The number of aliphatic carboxylic acids is 1. The van der Waals surface area contributed by atoms with Crippen molar-refractivity contribution in [3.8, 4) is 0 Å². The first-order chi connectivity index (χ1) is 10.4. The molecule has 5 aliphatic rings. The third kappa shape index (κ3) is 1.93. The van der Waals surface area contributed by atoms with Gasteiger partial charge in [0.15, 0.2) is 0 Å². The summed E-state index contributed by atoms with van der Waals surface area (Å²) < 4.78 is 0. The molecule has 0 radical (unpaired) electrons. The predicted octanol–water partition coefficient (Wildman–Crippen LogP) is 3.99. The van der Waals surface area contributed by atoms with Crippen LogP contribution in [-0.4, -0.2) is 21.8 Å². The number of hydrogen-bond acceptors (Lipinski definition) is 2. The van der Waals surface area contributed by atoms with Crippen LogP contribution in [0.1, 0.15) is 77.6 Å². The van der Waals surface area contributed by atoms with E-state index in [0.717, 1.165) is 44.9 Å². The number of rotatable bonds is 3. The lowest BCUT2D eigenvalue weighted by Crippen LogP contribution is -2.64. The van der Waals surface area contributed by atoms with E-state index in [0.29, 0.717) is 17.8 Å². The summed E-state index contributed by atoms with van der Waals surface area (Å²) in [6.45, 7) is 2.06. The van der Waals surface area contributed by atoms with Crippen LogP contribution in [0.3, 0.4) is 0 Å². The van der Waals surface area contributed by atoms with Gasteiger partial charge < -0.3 is 10.2 Å². The van der Waals surface area contributed by atoms with E-state index < -0.39 is 17.0 Å². The van der Waals surface area contributed by atoms with Gasteiger partial charge in [0.2, 0.25) is 0 Å². The number of carboxylic acid groups (broad SMARTS) is 1. The van der Waals surface area contributed by atoms with Crippen LogP contribution in [0.15, 0.2) is 0 Å². The van der Waals surface area contributed by atoms with Gasteiger partial charge in [0.05, 0.1) is 11.0 Å². The van der Waals surface area contributed by atoms with Gasteiger partial charge in [0.25, 0.3) is 0 Å². The first kappa shape index (κ1) is 15.0. The average molecular weight is 306 g/mol. The van der Waals surface area contributed by atoms with Gasteiger partial charge in [-0.25, -0.2) is 0 Å². The molecule has 4 bridgehead atoms. The molecule has 0 aliphatic heterocycles. The predicted molar refractivity (Wildman–Crippen MR) is 84.4 cm³/mol. The highest BCUT2D eigenvalue weighted by Gasteiger charge is 2.66. The number of carboxylic acids is 1. The minimum Gasteiger partial charge on any atom is -0.481 e. The molecule has 22 heavy (non-hydrogen) atoms. The fraction of sp³-hybridized carbons (Fsp3) is 0.947. The second kappa shape index (κ2) is 4.72. The van der Waals surface area contributed by atoms with Crippen molar-refractivity contribution in [3.05, 3.63) is 0 Å². The maximum atomic E-state index is 12.0. The summed E-state index contributed by atoms with van der Waals surface area (Å²) >= 11 is 0. The fourth-order valence-electron chi connectivity index (χ4n) is 7.20. The Kier molecular flexibility index (Phi) is 3.21. The molecule has 0 saturated heterocycles. The molecular weight excluding hydrogens is 276 g/mol. The van der Waals surface area contributed by atoms with Crippen LogP contribution in [0.2, 0.25) is 0 Å². The Morgan fingerprint density at radius 2 is 1.64 bits per heavy atom. The van der Waals surface area contributed by atoms with Gasteiger partial charge in [-0.15, -0.1) is 0 Å². The minimum atomic E-state index is -0.675. The molecule has 3 heteroatoms. The zero-order valence-electron chi connectivity index (χ0n) is 13.8. The Bertz CT molecular complexity index is 461. The molecule has 0 amide bonds. The van der Waals surface area contributed by atoms with Crippen molar-refractivity contribution in [2.45, 2.75) is 83.2 Å². The SMILES string of the molecule is CC(O)(C1CCCCC1)C12CC3CC(CC(C(=O)O)(C3)C1)C2. The average Bonchev–Trinajstić information content (AvgIpc) is 2.46. The lowest BCUT2D eigenvalue weighted by atomic mass is 9.39. The number of hydrogen-bond donors (Lipinski definition) is 2. The molecule has 5 saturated carbocycles. The summed E-state index contributed by atoms with van der Waals surface area (Å²) in [7, 11) is 0. The summed E-state index contributed by atoms with van der Waals surface area (Å²) in [5.74, 6) is 0.855. The second-order valence-corrected chi connectivity index (χ2v) is 9.31. The van der Waals surface area contributed by atoms with Crippen LogP contribution in [0.25, 0.3) is 0 Å². The van der Waals surface area contributed by atoms with E-state index in [2.05, 4.69) is 6.92 Å². The molecule has 5 aliphatic carbocycles. The van der Waals surface area contributed by atoms with Gasteiger partial charge in [0.1, 0.15) is 0 Å². The third-order valence-electron chi connectivity index (χ3n) is 7.99. The van der Waals surface area contributed by atoms with E-state index in [1.807, 2.05) is 0 Å². The Morgan fingerprint density at radius 1 is 1.05 bits per heavy atom. The molecule has 5 rings (SSSR count). The molecule has 2 N–H and O–H groups in total. The Morgan fingerprint density at radius 3 is 2.18 bits per heavy atom. The fourth-order valence-corrected chi connectivity index (χ4v) is 7.20. The molecule has 0 spiro atoms. The summed E-state index contributed by atoms with van der Waals surface area (Å²) in [4.78, 5) is 12.0. The van der Waals surface area contributed by atoms with Crippen molar-refractivity contribution in [3.63, 3.8) is 0 Å². The van der Waals surface area contributed by atoms with Crippen LogP contribution in [0.4, 0.5) is 0 Å². The van der Waals surface area contributed by atoms with Crippen LogP contribution in [0.5, 0.6) is 0 Å². The molecule has 124 valence electrons. The lowest BCUT2D eigenvalue weighted by molar-refractivity contribution is -0.226. The third-order valence-corrected chi connectivity index (χ3v) is 7.99. The molecule has 0 aromatic rings. The summed E-state index contributed by atoms with van der Waals surface area (Å²) in [5, 5.41) is 21.5. The first-order valence-corrected chi connectivity index (χ1v) is 9.33. The quantitative estimate of drug-likeness (QED) is 0.829. The summed E-state index contributed by atoms with van der Waals surface area (Å²) in [5.41, 5.74) is -1.33. The summed E-state index contributed by atoms with van der Waals surface area (Å²) in [6.07, 6.45) is 11.8. The van der Waals surface area contributed by atoms with Crippen molar-refractivity contribution >= 4 is 5.97 Å². The van der Waals surface area contributed by atoms with E-state index >= 15 is 0 Å². The van der Waals surface area contributed by atoms with Gasteiger partial charge in [-0.2, -0.15) is 0 Å². The monoisotopic (exact) mass is 306 g/mol. The van der Waals surface area contributed by atoms with Crippen LogP contribution >= 0.6 is 0 Å². The number of aliphatic hydroxyl groups is 1. The van der Waals surface area contributed by atoms with Crippen LogP contribution in [0, 0.1) is 28.6 Å². The Hall–Kier alpha value is -0.570. The van der Waals surface area contributed by atoms with Crippen molar-refractivity contribution in [1.29, 1.82) is 0 Å². The molecule has 5 fully saturated rings. The maximum absolute atomic E-state index is 12.0. The highest BCUT2D eigenvalue weighted by Crippen LogP contribution is 2.69. The van der Waals surface area contributed by atoms with Gasteiger partial charge in [0, 0.05) is 5.41 Å². The standard InChI is InChI=1S/C19H30O3/c1-17(22,15-5-3-2-4-6-15)19-10-13-7-14(11-19)9-18(8-13,12-19)16(20)21/h13-15,22H,2-12H2,1H3,(H,20,21). The van der Waals surface area contributed by atoms with E-state index in [4.69, 9.17) is 0 Å². The smallest absolute Gasteiger partial charge is 0.309 e. The largest absolute Gasteiger partial charge is 0.481 e. The zero-order valence-corrected chi connectivity index (χ0v) is 13.8. The van der Waals surface area contributed by atoms with E-state index in [1.54, 1.807) is 0 Å². The Labute approximate surface area is 133 Å². The molecule has 3 atom stereocenters. The normalized spacial score (nSPS) is 47.4. The van der Waals surface area contributed by atoms with E-state index in [-0.39, 0.29) is 5.41 Å². The molecule has 3 unspecified atom stereocenters. The second-order valence-electron chi connectivity index (χ2n) is 9.31. The molecule has 0 heterocycles.